The summed E-state index contributed by atoms with van der Waals surface area (Å²) in [5, 5.41) is 12.0. The van der Waals surface area contributed by atoms with E-state index < -0.39 is 5.97 Å². The molecule has 1 aliphatic heterocycles. The fraction of sp³-hybridized carbons (Fsp3) is 0.474. The van der Waals surface area contributed by atoms with E-state index in [-0.39, 0.29) is 0 Å². The summed E-state index contributed by atoms with van der Waals surface area (Å²) >= 11 is 1.61. The van der Waals surface area contributed by atoms with Crippen LogP contribution in [-0.4, -0.2) is 47.8 Å². The molecule has 5 nitrogen and oxygen atoms in total. The summed E-state index contributed by atoms with van der Waals surface area (Å²) < 4.78 is 5.35. The average Bonchev–Trinajstić information content (AvgIpc) is 3.06. The van der Waals surface area contributed by atoms with Crippen molar-refractivity contribution in [2.24, 2.45) is 5.41 Å². The molecule has 1 aromatic carbocycles. The minimum absolute atomic E-state index is 0.296. The number of piperidine rings is 1. The van der Waals surface area contributed by atoms with Gasteiger partial charge in [-0.15, -0.1) is 11.3 Å². The number of likely N-dealkylation sites (tertiary alicyclic amines) is 1. The van der Waals surface area contributed by atoms with Crippen LogP contribution < -0.4 is 0 Å². The molecule has 1 aromatic heterocycles. The lowest BCUT2D eigenvalue weighted by molar-refractivity contribution is 0.0319. The number of carboxylic acid groups (broad SMARTS) is 1. The van der Waals surface area contributed by atoms with Crippen LogP contribution in [0.1, 0.15) is 35.8 Å². The maximum absolute atomic E-state index is 10.9. The second kappa shape index (κ2) is 7.64. The van der Waals surface area contributed by atoms with E-state index in [1.54, 1.807) is 30.6 Å². The molecule has 0 amide bonds. The van der Waals surface area contributed by atoms with Crippen molar-refractivity contribution in [2.45, 2.75) is 26.3 Å². The first-order valence-electron chi connectivity index (χ1n) is 8.48. The summed E-state index contributed by atoms with van der Waals surface area (Å²) in [4.78, 5) is 18.1. The molecular weight excluding hydrogens is 336 g/mol. The molecule has 134 valence electrons. The molecule has 25 heavy (non-hydrogen) atoms. The van der Waals surface area contributed by atoms with Crippen LogP contribution in [0.15, 0.2) is 29.6 Å². The van der Waals surface area contributed by atoms with E-state index in [1.165, 1.54) is 0 Å². The van der Waals surface area contributed by atoms with Crippen molar-refractivity contribution >= 4 is 17.3 Å². The number of hydrogen-bond donors (Lipinski definition) is 1. The Morgan fingerprint density at radius 2 is 2.00 bits per heavy atom. The minimum Gasteiger partial charge on any atom is -0.478 e. The topological polar surface area (TPSA) is 62.7 Å². The molecule has 1 saturated heterocycles. The highest BCUT2D eigenvalue weighted by Crippen LogP contribution is 2.32. The Morgan fingerprint density at radius 1 is 1.32 bits per heavy atom. The van der Waals surface area contributed by atoms with Crippen LogP contribution in [-0.2, 0) is 11.3 Å². The van der Waals surface area contributed by atoms with E-state index in [1.807, 2.05) is 12.1 Å². The van der Waals surface area contributed by atoms with Gasteiger partial charge in [0.15, 0.2) is 0 Å². The van der Waals surface area contributed by atoms with Crippen molar-refractivity contribution in [1.82, 2.24) is 9.88 Å². The lowest BCUT2D eigenvalue weighted by atomic mass is 9.81. The van der Waals surface area contributed by atoms with Gasteiger partial charge in [-0.05, 0) is 43.5 Å². The van der Waals surface area contributed by atoms with Crippen LogP contribution in [0.4, 0.5) is 0 Å². The Kier molecular flexibility index (Phi) is 5.51. The zero-order valence-corrected chi connectivity index (χ0v) is 15.5. The zero-order chi connectivity index (χ0) is 17.9. The number of carbonyl (C=O) groups is 1. The SMILES string of the molecule is COCC1(C)CCN(Cc2csc(-c3ccc(C(=O)O)cc3)n2)CC1. The van der Waals surface area contributed by atoms with Crippen LogP contribution in [0.25, 0.3) is 10.6 Å². The predicted molar refractivity (Wildman–Crippen MR) is 99.0 cm³/mol. The van der Waals surface area contributed by atoms with E-state index >= 15 is 0 Å². The van der Waals surface area contributed by atoms with Crippen molar-refractivity contribution in [3.8, 4) is 10.6 Å². The average molecular weight is 360 g/mol. The van der Waals surface area contributed by atoms with Crippen LogP contribution in [0, 0.1) is 5.41 Å². The standard InChI is InChI=1S/C19H24N2O3S/c1-19(13-24-2)7-9-21(10-8-19)11-16-12-25-17(20-16)14-3-5-15(6-4-14)18(22)23/h3-6,12H,7-11,13H2,1-2H3,(H,22,23). The molecule has 3 rings (SSSR count). The normalized spacial score (nSPS) is 17.5. The number of carboxylic acids is 1. The summed E-state index contributed by atoms with van der Waals surface area (Å²) in [6.07, 6.45) is 2.29. The van der Waals surface area contributed by atoms with Crippen molar-refractivity contribution in [1.29, 1.82) is 0 Å². The van der Waals surface area contributed by atoms with Crippen LogP contribution >= 0.6 is 11.3 Å². The third-order valence-corrected chi connectivity index (χ3v) is 5.81. The third kappa shape index (κ3) is 4.45. The number of methoxy groups -OCH3 is 1. The summed E-state index contributed by atoms with van der Waals surface area (Å²) in [5.74, 6) is -0.906. The summed E-state index contributed by atoms with van der Waals surface area (Å²) in [6.45, 7) is 6.14. The summed E-state index contributed by atoms with van der Waals surface area (Å²) in [7, 11) is 1.78. The van der Waals surface area contributed by atoms with Gasteiger partial charge < -0.3 is 9.84 Å². The number of aromatic carboxylic acids is 1. The Labute approximate surface area is 152 Å². The second-order valence-corrected chi connectivity index (χ2v) is 7.90. The highest BCUT2D eigenvalue weighted by molar-refractivity contribution is 7.13. The molecule has 2 aromatic rings. The molecular formula is C19H24N2O3S. The first kappa shape index (κ1) is 18.0. The van der Waals surface area contributed by atoms with E-state index in [0.717, 1.165) is 55.3 Å². The van der Waals surface area contributed by atoms with Crippen molar-refractivity contribution in [3.63, 3.8) is 0 Å². The molecule has 1 N–H and O–H groups in total. The molecule has 1 aliphatic rings. The number of aromatic nitrogens is 1. The maximum Gasteiger partial charge on any atom is 0.335 e. The molecule has 0 unspecified atom stereocenters. The van der Waals surface area contributed by atoms with E-state index in [2.05, 4.69) is 17.2 Å². The van der Waals surface area contributed by atoms with Crippen molar-refractivity contribution in [2.75, 3.05) is 26.8 Å². The lowest BCUT2D eigenvalue weighted by Gasteiger charge is -2.38. The lowest BCUT2D eigenvalue weighted by Crippen LogP contribution is -2.40. The van der Waals surface area contributed by atoms with E-state index in [9.17, 15) is 4.79 Å². The van der Waals surface area contributed by atoms with Gasteiger partial charge in [-0.1, -0.05) is 19.1 Å². The van der Waals surface area contributed by atoms with Crippen LogP contribution in [0.5, 0.6) is 0 Å². The van der Waals surface area contributed by atoms with Crippen LogP contribution in [0.2, 0.25) is 0 Å². The number of nitrogens with zero attached hydrogens (tertiary/aromatic N) is 2. The predicted octanol–water partition coefficient (Wildman–Crippen LogP) is 3.76. The fourth-order valence-electron chi connectivity index (χ4n) is 3.24. The fourth-order valence-corrected chi connectivity index (χ4v) is 4.06. The zero-order valence-electron chi connectivity index (χ0n) is 14.7. The molecule has 0 aliphatic carbocycles. The van der Waals surface area contributed by atoms with Gasteiger partial charge in [-0.2, -0.15) is 0 Å². The van der Waals surface area contributed by atoms with Gasteiger partial charge in [-0.25, -0.2) is 9.78 Å². The van der Waals surface area contributed by atoms with Gasteiger partial charge in [0.25, 0.3) is 0 Å². The molecule has 2 heterocycles. The highest BCUT2D eigenvalue weighted by Gasteiger charge is 2.30. The Bertz CT molecular complexity index is 719. The van der Waals surface area contributed by atoms with Gasteiger partial charge in [0, 0.05) is 24.6 Å². The van der Waals surface area contributed by atoms with Gasteiger partial charge in [0.05, 0.1) is 17.9 Å². The quantitative estimate of drug-likeness (QED) is 0.850. The molecule has 0 bridgehead atoms. The molecule has 0 spiro atoms. The number of thiazole rings is 1. The van der Waals surface area contributed by atoms with E-state index in [0.29, 0.717) is 11.0 Å². The Balaban J connectivity index is 1.60. The van der Waals surface area contributed by atoms with Crippen molar-refractivity contribution < 1.29 is 14.6 Å². The monoisotopic (exact) mass is 360 g/mol. The number of ether oxygens (including phenoxy) is 1. The molecule has 6 heteroatoms. The molecule has 1 fully saturated rings. The first-order chi connectivity index (χ1) is 12.0. The van der Waals surface area contributed by atoms with Gasteiger partial charge in [0.2, 0.25) is 0 Å². The smallest absolute Gasteiger partial charge is 0.335 e. The van der Waals surface area contributed by atoms with Gasteiger partial charge in [0.1, 0.15) is 5.01 Å². The minimum atomic E-state index is -0.906. The van der Waals surface area contributed by atoms with Crippen LogP contribution in [0.3, 0.4) is 0 Å². The van der Waals surface area contributed by atoms with E-state index in [4.69, 9.17) is 14.8 Å². The number of hydrogen-bond acceptors (Lipinski definition) is 5. The molecule has 0 saturated carbocycles. The van der Waals surface area contributed by atoms with Gasteiger partial charge >= 0.3 is 5.97 Å². The van der Waals surface area contributed by atoms with Crippen molar-refractivity contribution in [3.05, 3.63) is 40.9 Å². The summed E-state index contributed by atoms with van der Waals surface area (Å²) in [5.41, 5.74) is 2.64. The molecule has 0 atom stereocenters. The first-order valence-corrected chi connectivity index (χ1v) is 9.36. The van der Waals surface area contributed by atoms with Gasteiger partial charge in [-0.3, -0.25) is 4.90 Å². The second-order valence-electron chi connectivity index (χ2n) is 7.05. The summed E-state index contributed by atoms with van der Waals surface area (Å²) in [6, 6.07) is 6.90. The molecule has 0 radical (unpaired) electrons. The largest absolute Gasteiger partial charge is 0.478 e. The number of benzene rings is 1. The highest BCUT2D eigenvalue weighted by atomic mass is 32.1. The Hall–Kier alpha value is -1.76. The Morgan fingerprint density at radius 3 is 2.60 bits per heavy atom. The third-order valence-electron chi connectivity index (χ3n) is 4.87. The number of rotatable bonds is 6. The maximum atomic E-state index is 10.9.